The van der Waals surface area contributed by atoms with Gasteiger partial charge in [-0.15, -0.1) is 0 Å². The molecule has 0 spiro atoms. The van der Waals surface area contributed by atoms with E-state index in [4.69, 9.17) is 0 Å². The van der Waals surface area contributed by atoms with E-state index >= 15 is 0 Å². The van der Waals surface area contributed by atoms with E-state index in [-0.39, 0.29) is 5.54 Å². The van der Waals surface area contributed by atoms with Crippen molar-refractivity contribution < 1.29 is 4.74 Å². The smallest absolute Gasteiger partial charge is 0.164 e. The third-order valence-electron chi connectivity index (χ3n) is 1.40. The van der Waals surface area contributed by atoms with Crippen LogP contribution in [0.25, 0.3) is 0 Å². The standard InChI is InChI=1S/C9H19NO/c1-8(2)6-7-10(11)9(3,4)5/h7-8H,6H2,1-5H3/b10-7-. The second kappa shape index (κ2) is 3.74. The van der Waals surface area contributed by atoms with Crippen LogP contribution >= 0.6 is 0 Å². The van der Waals surface area contributed by atoms with Crippen molar-refractivity contribution in [3.8, 4) is 0 Å². The minimum atomic E-state index is -0.283. The molecule has 0 rings (SSSR count). The first-order valence-electron chi connectivity index (χ1n) is 4.14. The molecule has 66 valence electrons. The van der Waals surface area contributed by atoms with E-state index in [0.717, 1.165) is 11.2 Å². The van der Waals surface area contributed by atoms with Crippen LogP contribution in [-0.2, 0) is 0 Å². The van der Waals surface area contributed by atoms with Gasteiger partial charge in [-0.1, -0.05) is 13.8 Å². The minimum absolute atomic E-state index is 0.283. The molecule has 0 N–H and O–H groups in total. The summed E-state index contributed by atoms with van der Waals surface area (Å²) in [5.74, 6) is 0.564. The van der Waals surface area contributed by atoms with E-state index in [1.165, 1.54) is 0 Å². The van der Waals surface area contributed by atoms with Crippen LogP contribution in [0.5, 0.6) is 0 Å². The summed E-state index contributed by atoms with van der Waals surface area (Å²) >= 11 is 0. The topological polar surface area (TPSA) is 26.1 Å². The van der Waals surface area contributed by atoms with E-state index in [1.807, 2.05) is 20.8 Å². The van der Waals surface area contributed by atoms with Gasteiger partial charge in [-0.2, -0.15) is 0 Å². The fourth-order valence-corrected chi connectivity index (χ4v) is 0.580. The predicted octanol–water partition coefficient (Wildman–Crippen LogP) is 2.41. The lowest BCUT2D eigenvalue weighted by molar-refractivity contribution is -0.532. The van der Waals surface area contributed by atoms with Gasteiger partial charge in [-0.25, -0.2) is 4.74 Å². The van der Waals surface area contributed by atoms with E-state index in [9.17, 15) is 5.21 Å². The molecular weight excluding hydrogens is 138 g/mol. The molecule has 11 heavy (non-hydrogen) atoms. The van der Waals surface area contributed by atoms with E-state index < -0.39 is 0 Å². The van der Waals surface area contributed by atoms with Gasteiger partial charge in [0.15, 0.2) is 11.8 Å². The highest BCUT2D eigenvalue weighted by atomic mass is 16.5. The Balaban J connectivity index is 4.02. The fraction of sp³-hybridized carbons (Fsp3) is 0.889. The van der Waals surface area contributed by atoms with Gasteiger partial charge in [0.05, 0.1) is 0 Å². The second-order valence-electron chi connectivity index (χ2n) is 4.31. The van der Waals surface area contributed by atoms with Crippen molar-refractivity contribution in [2.24, 2.45) is 5.92 Å². The molecule has 0 fully saturated rings. The van der Waals surface area contributed by atoms with E-state index in [0.29, 0.717) is 5.92 Å². The highest BCUT2D eigenvalue weighted by Gasteiger charge is 2.17. The Morgan fingerprint density at radius 3 is 2.09 bits per heavy atom. The third-order valence-corrected chi connectivity index (χ3v) is 1.40. The van der Waals surface area contributed by atoms with Gasteiger partial charge in [-0.3, -0.25) is 0 Å². The summed E-state index contributed by atoms with van der Waals surface area (Å²) in [6.45, 7) is 9.95. The lowest BCUT2D eigenvalue weighted by atomic mass is 10.1. The van der Waals surface area contributed by atoms with Gasteiger partial charge >= 0.3 is 0 Å². The maximum Gasteiger partial charge on any atom is 0.164 e. The molecule has 0 unspecified atom stereocenters. The SMILES string of the molecule is CC(C)C/C=[N+](\[O-])C(C)(C)C. The molecule has 0 aliphatic heterocycles. The summed E-state index contributed by atoms with van der Waals surface area (Å²) in [7, 11) is 0. The Kier molecular flexibility index (Phi) is 3.56. The van der Waals surface area contributed by atoms with Crippen LogP contribution in [0.15, 0.2) is 0 Å². The average molecular weight is 157 g/mol. The van der Waals surface area contributed by atoms with Crippen LogP contribution in [0.3, 0.4) is 0 Å². The van der Waals surface area contributed by atoms with Gasteiger partial charge in [0, 0.05) is 27.2 Å². The van der Waals surface area contributed by atoms with Gasteiger partial charge in [-0.05, 0) is 5.92 Å². The molecule has 0 aliphatic rings. The zero-order valence-electron chi connectivity index (χ0n) is 8.22. The zero-order chi connectivity index (χ0) is 9.07. The monoisotopic (exact) mass is 157 g/mol. The molecule has 0 aliphatic carbocycles. The predicted molar refractivity (Wildman–Crippen MR) is 48.9 cm³/mol. The summed E-state index contributed by atoms with van der Waals surface area (Å²) in [5, 5.41) is 11.2. The molecule has 0 aromatic carbocycles. The number of hydroxylamine groups is 1. The molecule has 2 nitrogen and oxygen atoms in total. The summed E-state index contributed by atoms with van der Waals surface area (Å²) in [6.07, 6.45) is 2.59. The summed E-state index contributed by atoms with van der Waals surface area (Å²) in [5.41, 5.74) is -0.283. The molecule has 0 heterocycles. The van der Waals surface area contributed by atoms with Crippen molar-refractivity contribution in [2.75, 3.05) is 0 Å². The molecule has 0 aromatic rings. The molecule has 0 aromatic heterocycles. The molecule has 0 saturated carbocycles. The van der Waals surface area contributed by atoms with Crippen LogP contribution in [0.2, 0.25) is 0 Å². The maximum absolute atomic E-state index is 11.2. The Morgan fingerprint density at radius 2 is 1.82 bits per heavy atom. The molecule has 2 heteroatoms. The molecule has 0 bridgehead atoms. The molecule has 0 atom stereocenters. The van der Waals surface area contributed by atoms with Crippen LogP contribution in [0.1, 0.15) is 41.0 Å². The molecule has 0 saturated heterocycles. The average Bonchev–Trinajstić information content (AvgIpc) is 1.80. The van der Waals surface area contributed by atoms with Crippen LogP contribution in [0.4, 0.5) is 0 Å². The number of rotatable bonds is 2. The third kappa shape index (κ3) is 4.82. The second-order valence-corrected chi connectivity index (χ2v) is 4.31. The number of nitrogens with zero attached hydrogens (tertiary/aromatic N) is 1. The molecular formula is C9H19NO. The summed E-state index contributed by atoms with van der Waals surface area (Å²) in [4.78, 5) is 0. The van der Waals surface area contributed by atoms with Gasteiger partial charge in [0.25, 0.3) is 0 Å². The molecule has 0 radical (unpaired) electrons. The van der Waals surface area contributed by atoms with Crippen molar-refractivity contribution in [2.45, 2.75) is 46.6 Å². The van der Waals surface area contributed by atoms with Crippen molar-refractivity contribution in [1.82, 2.24) is 0 Å². The summed E-state index contributed by atoms with van der Waals surface area (Å²) < 4.78 is 1.03. The zero-order valence-corrected chi connectivity index (χ0v) is 8.22. The number of hydrogen-bond donors (Lipinski definition) is 0. The Labute approximate surface area is 69.5 Å². The van der Waals surface area contributed by atoms with Crippen molar-refractivity contribution in [1.29, 1.82) is 0 Å². The quantitative estimate of drug-likeness (QED) is 0.261. The highest BCUT2D eigenvalue weighted by molar-refractivity contribution is 5.51. The first-order chi connectivity index (χ1) is 4.84. The molecule has 0 amide bonds. The first-order valence-corrected chi connectivity index (χ1v) is 4.14. The fourth-order valence-electron chi connectivity index (χ4n) is 0.580. The Hall–Kier alpha value is -0.530. The lowest BCUT2D eigenvalue weighted by Gasteiger charge is -2.18. The van der Waals surface area contributed by atoms with Gasteiger partial charge in [0.1, 0.15) is 0 Å². The highest BCUT2D eigenvalue weighted by Crippen LogP contribution is 2.05. The van der Waals surface area contributed by atoms with Crippen molar-refractivity contribution in [3.63, 3.8) is 0 Å². The largest absolute Gasteiger partial charge is 0.624 e. The van der Waals surface area contributed by atoms with Crippen molar-refractivity contribution in [3.05, 3.63) is 5.21 Å². The van der Waals surface area contributed by atoms with Gasteiger partial charge < -0.3 is 5.21 Å². The lowest BCUT2D eigenvalue weighted by Crippen LogP contribution is -2.29. The van der Waals surface area contributed by atoms with E-state index in [1.54, 1.807) is 6.21 Å². The normalized spacial score (nSPS) is 14.2. The Morgan fingerprint density at radius 1 is 1.36 bits per heavy atom. The summed E-state index contributed by atoms with van der Waals surface area (Å²) in [6, 6.07) is 0. The van der Waals surface area contributed by atoms with Crippen LogP contribution < -0.4 is 0 Å². The first kappa shape index (κ1) is 10.5. The van der Waals surface area contributed by atoms with E-state index in [2.05, 4.69) is 13.8 Å². The van der Waals surface area contributed by atoms with Crippen molar-refractivity contribution >= 4 is 6.21 Å². The Bertz CT molecular complexity index is 142. The van der Waals surface area contributed by atoms with Crippen LogP contribution in [-0.4, -0.2) is 16.5 Å². The minimum Gasteiger partial charge on any atom is -0.624 e. The number of hydrogen-bond acceptors (Lipinski definition) is 1. The maximum atomic E-state index is 11.2. The van der Waals surface area contributed by atoms with Crippen LogP contribution in [0, 0.1) is 11.1 Å². The van der Waals surface area contributed by atoms with Gasteiger partial charge in [0.2, 0.25) is 0 Å².